The molecule has 0 saturated heterocycles. The molecule has 1 aromatic carbocycles. The average molecular weight is 282 g/mol. The first kappa shape index (κ1) is 13.2. The van der Waals surface area contributed by atoms with Gasteiger partial charge in [0, 0.05) is 5.38 Å². The van der Waals surface area contributed by atoms with Crippen LogP contribution in [0.15, 0.2) is 34.5 Å². The van der Waals surface area contributed by atoms with Crippen LogP contribution in [0.5, 0.6) is 0 Å². The van der Waals surface area contributed by atoms with Gasteiger partial charge in [-0.3, -0.25) is 0 Å². The van der Waals surface area contributed by atoms with Gasteiger partial charge in [-0.15, -0.1) is 11.3 Å². The zero-order chi connectivity index (χ0) is 13.2. The Morgan fingerprint density at radius 3 is 2.61 bits per heavy atom. The van der Waals surface area contributed by atoms with Gasteiger partial charge >= 0.3 is 0 Å². The Morgan fingerprint density at radius 1 is 1.28 bits per heavy atom. The van der Waals surface area contributed by atoms with E-state index in [4.69, 9.17) is 0 Å². The Balaban J connectivity index is 2.16. The van der Waals surface area contributed by atoms with Crippen molar-refractivity contribution in [3.8, 4) is 0 Å². The van der Waals surface area contributed by atoms with Crippen molar-refractivity contribution in [1.82, 2.24) is 9.71 Å². The molecular weight excluding hydrogens is 268 g/mol. The average Bonchev–Trinajstić information content (AvgIpc) is 2.73. The van der Waals surface area contributed by atoms with Crippen molar-refractivity contribution >= 4 is 21.4 Å². The van der Waals surface area contributed by atoms with Crippen molar-refractivity contribution in [3.05, 3.63) is 45.9 Å². The van der Waals surface area contributed by atoms with Crippen LogP contribution in [0.2, 0.25) is 0 Å². The fourth-order valence-corrected chi connectivity index (χ4v) is 3.45. The van der Waals surface area contributed by atoms with Crippen LogP contribution in [0.3, 0.4) is 0 Å². The number of hydrogen-bond donors (Lipinski definition) is 1. The fourth-order valence-electron chi connectivity index (χ4n) is 1.59. The lowest BCUT2D eigenvalue weighted by atomic mass is 10.2. The van der Waals surface area contributed by atoms with Gasteiger partial charge in [-0.25, -0.2) is 18.1 Å². The van der Waals surface area contributed by atoms with Crippen LogP contribution in [-0.2, 0) is 16.6 Å². The van der Waals surface area contributed by atoms with E-state index in [1.165, 1.54) is 11.3 Å². The highest BCUT2D eigenvalue weighted by atomic mass is 32.2. The molecule has 0 bridgehead atoms. The Kier molecular flexibility index (Phi) is 3.79. The molecule has 2 rings (SSSR count). The van der Waals surface area contributed by atoms with Gasteiger partial charge in [0.25, 0.3) is 0 Å². The first-order chi connectivity index (χ1) is 8.49. The van der Waals surface area contributed by atoms with Crippen LogP contribution in [0.25, 0.3) is 0 Å². The summed E-state index contributed by atoms with van der Waals surface area (Å²) in [6.45, 7) is 3.90. The first-order valence-corrected chi connectivity index (χ1v) is 7.81. The third kappa shape index (κ3) is 2.95. The van der Waals surface area contributed by atoms with Crippen molar-refractivity contribution in [2.24, 2.45) is 0 Å². The second-order valence-electron chi connectivity index (χ2n) is 3.95. The van der Waals surface area contributed by atoms with E-state index in [9.17, 15) is 8.42 Å². The number of thiazole rings is 1. The van der Waals surface area contributed by atoms with Gasteiger partial charge in [0.05, 0.1) is 22.1 Å². The summed E-state index contributed by atoms with van der Waals surface area (Å²) in [5, 5.41) is 2.79. The number of benzene rings is 1. The first-order valence-electron chi connectivity index (χ1n) is 5.45. The van der Waals surface area contributed by atoms with Crippen LogP contribution >= 0.6 is 11.3 Å². The summed E-state index contributed by atoms with van der Waals surface area (Å²) in [6.07, 6.45) is 0. The van der Waals surface area contributed by atoms with E-state index in [1.807, 2.05) is 18.4 Å². The fraction of sp³-hybridized carbons (Fsp3) is 0.250. The molecule has 0 amide bonds. The van der Waals surface area contributed by atoms with Crippen molar-refractivity contribution in [3.63, 3.8) is 0 Å². The van der Waals surface area contributed by atoms with E-state index in [2.05, 4.69) is 9.71 Å². The summed E-state index contributed by atoms with van der Waals surface area (Å²) in [4.78, 5) is 4.54. The number of aryl methyl sites for hydroxylation is 2. The highest BCUT2D eigenvalue weighted by molar-refractivity contribution is 7.89. The molecule has 0 unspecified atom stereocenters. The van der Waals surface area contributed by atoms with Crippen LogP contribution in [-0.4, -0.2) is 13.4 Å². The minimum absolute atomic E-state index is 0.223. The molecule has 0 aliphatic heterocycles. The van der Waals surface area contributed by atoms with Crippen molar-refractivity contribution < 1.29 is 8.42 Å². The molecule has 0 spiro atoms. The predicted molar refractivity (Wildman–Crippen MR) is 72.1 cm³/mol. The highest BCUT2D eigenvalue weighted by Gasteiger charge is 2.16. The molecule has 6 heteroatoms. The van der Waals surface area contributed by atoms with Crippen molar-refractivity contribution in [1.29, 1.82) is 0 Å². The summed E-state index contributed by atoms with van der Waals surface area (Å²) in [6, 6.07) is 6.91. The molecule has 1 N–H and O–H groups in total. The molecule has 1 heterocycles. The molecule has 18 heavy (non-hydrogen) atoms. The smallest absolute Gasteiger partial charge is 0.241 e. The van der Waals surface area contributed by atoms with Gasteiger partial charge in [0.2, 0.25) is 10.0 Å². The molecule has 2 aromatic rings. The van der Waals surface area contributed by atoms with Crippen molar-refractivity contribution in [2.75, 3.05) is 0 Å². The Morgan fingerprint density at radius 2 is 2.00 bits per heavy atom. The van der Waals surface area contributed by atoms with Gasteiger partial charge in [0.1, 0.15) is 0 Å². The monoisotopic (exact) mass is 282 g/mol. The molecule has 0 aliphatic rings. The van der Waals surface area contributed by atoms with E-state index >= 15 is 0 Å². The third-order valence-corrected chi connectivity index (χ3v) is 4.88. The highest BCUT2D eigenvalue weighted by Crippen LogP contribution is 2.15. The quantitative estimate of drug-likeness (QED) is 0.935. The number of sulfonamides is 1. The number of nitrogens with zero attached hydrogens (tertiary/aromatic N) is 1. The van der Waals surface area contributed by atoms with Crippen LogP contribution in [0.1, 0.15) is 16.3 Å². The van der Waals surface area contributed by atoms with E-state index in [0.29, 0.717) is 4.90 Å². The van der Waals surface area contributed by atoms with Gasteiger partial charge in [-0.1, -0.05) is 18.2 Å². The maximum absolute atomic E-state index is 12.1. The zero-order valence-electron chi connectivity index (χ0n) is 10.2. The predicted octanol–water partition coefficient (Wildman–Crippen LogP) is 2.24. The molecule has 96 valence electrons. The topological polar surface area (TPSA) is 59.1 Å². The zero-order valence-corrected chi connectivity index (χ0v) is 11.8. The summed E-state index contributed by atoms with van der Waals surface area (Å²) in [5.41, 5.74) is 1.48. The van der Waals surface area contributed by atoms with Crippen LogP contribution < -0.4 is 4.72 Å². The molecule has 0 saturated carbocycles. The normalized spacial score (nSPS) is 11.7. The maximum Gasteiger partial charge on any atom is 0.241 e. The third-order valence-electron chi connectivity index (χ3n) is 2.49. The van der Waals surface area contributed by atoms with Crippen LogP contribution in [0.4, 0.5) is 0 Å². The summed E-state index contributed by atoms with van der Waals surface area (Å²) in [5.74, 6) is 0. The van der Waals surface area contributed by atoms with Crippen molar-refractivity contribution in [2.45, 2.75) is 25.3 Å². The SMILES string of the molecule is Cc1nc(CNS(=O)(=O)c2ccccc2C)cs1. The Hall–Kier alpha value is -1.24. The Bertz CT molecular complexity index is 648. The molecule has 0 aliphatic carbocycles. The van der Waals surface area contributed by atoms with Gasteiger partial charge < -0.3 is 0 Å². The summed E-state index contributed by atoms with van der Waals surface area (Å²) in [7, 11) is -3.47. The standard InChI is InChI=1S/C12H14N2O2S2/c1-9-5-3-4-6-12(9)18(15,16)13-7-11-8-17-10(2)14-11/h3-6,8,13H,7H2,1-2H3. The lowest BCUT2D eigenvalue weighted by Gasteiger charge is -2.07. The lowest BCUT2D eigenvalue weighted by molar-refractivity contribution is 0.580. The number of nitrogens with one attached hydrogen (secondary N) is 1. The second kappa shape index (κ2) is 5.17. The largest absolute Gasteiger partial charge is 0.245 e. The molecule has 0 fully saturated rings. The molecule has 4 nitrogen and oxygen atoms in total. The van der Waals surface area contributed by atoms with Gasteiger partial charge in [-0.2, -0.15) is 0 Å². The Labute approximate surface area is 111 Å². The lowest BCUT2D eigenvalue weighted by Crippen LogP contribution is -2.24. The minimum Gasteiger partial charge on any atom is -0.245 e. The number of hydrogen-bond acceptors (Lipinski definition) is 4. The molecule has 0 radical (unpaired) electrons. The van der Waals surface area contributed by atoms with E-state index < -0.39 is 10.0 Å². The molecule has 0 atom stereocenters. The summed E-state index contributed by atoms with van der Waals surface area (Å²) < 4.78 is 26.8. The van der Waals surface area contributed by atoms with E-state index in [0.717, 1.165) is 16.3 Å². The number of aromatic nitrogens is 1. The van der Waals surface area contributed by atoms with Crippen LogP contribution in [0, 0.1) is 13.8 Å². The molecular formula is C12H14N2O2S2. The maximum atomic E-state index is 12.1. The van der Waals surface area contributed by atoms with Gasteiger partial charge in [-0.05, 0) is 25.5 Å². The number of rotatable bonds is 4. The molecule has 1 aromatic heterocycles. The van der Waals surface area contributed by atoms with E-state index in [-0.39, 0.29) is 6.54 Å². The summed E-state index contributed by atoms with van der Waals surface area (Å²) >= 11 is 1.51. The minimum atomic E-state index is -3.47. The van der Waals surface area contributed by atoms with E-state index in [1.54, 1.807) is 25.1 Å². The second-order valence-corrected chi connectivity index (χ2v) is 6.75. The van der Waals surface area contributed by atoms with Gasteiger partial charge in [0.15, 0.2) is 0 Å².